The molecule has 0 radical (unpaired) electrons. The largest absolute Gasteiger partial charge is 0.480 e. The second-order valence-corrected chi connectivity index (χ2v) is 3.93. The van der Waals surface area contributed by atoms with Crippen LogP contribution in [0.3, 0.4) is 0 Å². The standard InChI is InChI=1S/C9H16N2O3/c1-5-2-6(5)3-7(10)9(14)11-4-8(12)13/h5-7H,2-4,10H2,1H3,(H,11,14)(H,12,13). The molecule has 80 valence electrons. The van der Waals surface area contributed by atoms with Crippen molar-refractivity contribution in [1.29, 1.82) is 0 Å². The van der Waals surface area contributed by atoms with E-state index in [-0.39, 0.29) is 12.5 Å². The second-order valence-electron chi connectivity index (χ2n) is 3.93. The van der Waals surface area contributed by atoms with Crippen LogP contribution in [0.4, 0.5) is 0 Å². The lowest BCUT2D eigenvalue weighted by molar-refractivity contribution is -0.138. The zero-order chi connectivity index (χ0) is 10.7. The van der Waals surface area contributed by atoms with Gasteiger partial charge in [-0.25, -0.2) is 0 Å². The molecule has 0 heterocycles. The number of nitrogens with one attached hydrogen (secondary N) is 1. The number of aliphatic carboxylic acids is 1. The third-order valence-electron chi connectivity index (χ3n) is 2.58. The molecule has 14 heavy (non-hydrogen) atoms. The van der Waals surface area contributed by atoms with Crippen LogP contribution in [0.1, 0.15) is 19.8 Å². The van der Waals surface area contributed by atoms with Crippen LogP contribution in [0.2, 0.25) is 0 Å². The van der Waals surface area contributed by atoms with Gasteiger partial charge in [0.1, 0.15) is 6.54 Å². The number of carboxylic acids is 1. The molecule has 0 aromatic heterocycles. The average molecular weight is 200 g/mol. The van der Waals surface area contributed by atoms with E-state index in [2.05, 4.69) is 12.2 Å². The number of carbonyl (C=O) groups is 2. The fourth-order valence-electron chi connectivity index (χ4n) is 1.45. The lowest BCUT2D eigenvalue weighted by Crippen LogP contribution is -2.42. The van der Waals surface area contributed by atoms with Gasteiger partial charge in [-0.2, -0.15) is 0 Å². The van der Waals surface area contributed by atoms with Crippen molar-refractivity contribution in [3.63, 3.8) is 0 Å². The van der Waals surface area contributed by atoms with Gasteiger partial charge in [0.15, 0.2) is 0 Å². The SMILES string of the molecule is CC1CC1CC(N)C(=O)NCC(=O)O. The van der Waals surface area contributed by atoms with Crippen molar-refractivity contribution >= 4 is 11.9 Å². The topological polar surface area (TPSA) is 92.4 Å². The zero-order valence-corrected chi connectivity index (χ0v) is 8.19. The van der Waals surface area contributed by atoms with E-state index >= 15 is 0 Å². The van der Waals surface area contributed by atoms with Gasteiger partial charge < -0.3 is 16.2 Å². The summed E-state index contributed by atoms with van der Waals surface area (Å²) in [5.41, 5.74) is 5.60. The van der Waals surface area contributed by atoms with E-state index < -0.39 is 12.0 Å². The van der Waals surface area contributed by atoms with Crippen molar-refractivity contribution in [3.8, 4) is 0 Å². The lowest BCUT2D eigenvalue weighted by atomic mass is 10.1. The number of hydrogen-bond acceptors (Lipinski definition) is 3. The predicted molar refractivity (Wildman–Crippen MR) is 50.5 cm³/mol. The molecule has 1 aliphatic rings. The van der Waals surface area contributed by atoms with E-state index in [4.69, 9.17) is 10.8 Å². The Labute approximate surface area is 82.7 Å². The van der Waals surface area contributed by atoms with E-state index in [0.29, 0.717) is 18.3 Å². The minimum absolute atomic E-state index is 0.354. The monoisotopic (exact) mass is 200 g/mol. The van der Waals surface area contributed by atoms with Gasteiger partial charge in [-0.05, 0) is 24.7 Å². The number of carbonyl (C=O) groups excluding carboxylic acids is 1. The van der Waals surface area contributed by atoms with Crippen molar-refractivity contribution in [2.75, 3.05) is 6.54 Å². The van der Waals surface area contributed by atoms with E-state index in [1.54, 1.807) is 0 Å². The van der Waals surface area contributed by atoms with Gasteiger partial charge in [0.25, 0.3) is 0 Å². The molecule has 1 rings (SSSR count). The molecular formula is C9H16N2O3. The Morgan fingerprint density at radius 1 is 1.64 bits per heavy atom. The maximum atomic E-state index is 11.2. The molecule has 0 bridgehead atoms. The first-order valence-corrected chi connectivity index (χ1v) is 4.75. The second kappa shape index (κ2) is 4.41. The Kier molecular flexibility index (Phi) is 3.46. The van der Waals surface area contributed by atoms with Gasteiger partial charge in [-0.15, -0.1) is 0 Å². The van der Waals surface area contributed by atoms with Crippen LogP contribution in [-0.4, -0.2) is 29.6 Å². The highest BCUT2D eigenvalue weighted by atomic mass is 16.4. The molecular weight excluding hydrogens is 184 g/mol. The molecule has 0 aliphatic heterocycles. The highest BCUT2D eigenvalue weighted by Crippen LogP contribution is 2.40. The van der Waals surface area contributed by atoms with Crippen LogP contribution < -0.4 is 11.1 Å². The molecule has 5 nitrogen and oxygen atoms in total. The van der Waals surface area contributed by atoms with Crippen LogP contribution in [0.5, 0.6) is 0 Å². The molecule has 1 fully saturated rings. The highest BCUT2D eigenvalue weighted by molar-refractivity contribution is 5.84. The summed E-state index contributed by atoms with van der Waals surface area (Å²) in [5, 5.41) is 10.6. The summed E-state index contributed by atoms with van der Waals surface area (Å²) in [5.74, 6) is -0.217. The Morgan fingerprint density at radius 3 is 2.64 bits per heavy atom. The first-order valence-electron chi connectivity index (χ1n) is 4.75. The van der Waals surface area contributed by atoms with Crippen molar-refractivity contribution in [2.45, 2.75) is 25.8 Å². The smallest absolute Gasteiger partial charge is 0.322 e. The van der Waals surface area contributed by atoms with Crippen LogP contribution in [0.25, 0.3) is 0 Å². The van der Waals surface area contributed by atoms with Crippen LogP contribution in [0, 0.1) is 11.8 Å². The molecule has 4 N–H and O–H groups in total. The number of nitrogens with two attached hydrogens (primary N) is 1. The fourth-order valence-corrected chi connectivity index (χ4v) is 1.45. The molecule has 1 amide bonds. The van der Waals surface area contributed by atoms with Crippen LogP contribution in [0.15, 0.2) is 0 Å². The molecule has 0 aromatic carbocycles. The third kappa shape index (κ3) is 3.33. The van der Waals surface area contributed by atoms with Gasteiger partial charge in [-0.1, -0.05) is 6.92 Å². The van der Waals surface area contributed by atoms with Crippen molar-refractivity contribution in [1.82, 2.24) is 5.32 Å². The van der Waals surface area contributed by atoms with Crippen LogP contribution >= 0.6 is 0 Å². The Bertz CT molecular complexity index is 242. The third-order valence-corrected chi connectivity index (χ3v) is 2.58. The lowest BCUT2D eigenvalue weighted by Gasteiger charge is -2.10. The Balaban J connectivity index is 2.19. The van der Waals surface area contributed by atoms with Crippen molar-refractivity contribution in [3.05, 3.63) is 0 Å². The minimum Gasteiger partial charge on any atom is -0.480 e. The predicted octanol–water partition coefficient (Wildman–Crippen LogP) is -0.439. The molecule has 3 unspecified atom stereocenters. The summed E-state index contributed by atoms with van der Waals surface area (Å²) in [7, 11) is 0. The summed E-state index contributed by atoms with van der Waals surface area (Å²) in [6.07, 6.45) is 1.78. The minimum atomic E-state index is -1.05. The summed E-state index contributed by atoms with van der Waals surface area (Å²) >= 11 is 0. The summed E-state index contributed by atoms with van der Waals surface area (Å²) in [6, 6.07) is -0.565. The Morgan fingerprint density at radius 2 is 2.21 bits per heavy atom. The van der Waals surface area contributed by atoms with Gasteiger partial charge in [-0.3, -0.25) is 9.59 Å². The molecule has 0 saturated heterocycles. The molecule has 0 spiro atoms. The molecule has 1 saturated carbocycles. The maximum Gasteiger partial charge on any atom is 0.322 e. The average Bonchev–Trinajstić information content (AvgIpc) is 2.77. The zero-order valence-electron chi connectivity index (χ0n) is 8.19. The van der Waals surface area contributed by atoms with Gasteiger partial charge in [0.2, 0.25) is 5.91 Å². The quantitative estimate of drug-likeness (QED) is 0.561. The first-order chi connectivity index (χ1) is 6.50. The van der Waals surface area contributed by atoms with Crippen molar-refractivity contribution < 1.29 is 14.7 Å². The Hall–Kier alpha value is -1.10. The summed E-state index contributed by atoms with van der Waals surface area (Å²) in [6.45, 7) is 1.76. The van der Waals surface area contributed by atoms with Crippen molar-refractivity contribution in [2.24, 2.45) is 17.6 Å². The number of hydrogen-bond donors (Lipinski definition) is 3. The summed E-state index contributed by atoms with van der Waals surface area (Å²) in [4.78, 5) is 21.4. The number of rotatable bonds is 5. The summed E-state index contributed by atoms with van der Waals surface area (Å²) < 4.78 is 0. The molecule has 1 aliphatic carbocycles. The van der Waals surface area contributed by atoms with E-state index in [1.165, 1.54) is 0 Å². The molecule has 5 heteroatoms. The fraction of sp³-hybridized carbons (Fsp3) is 0.778. The van der Waals surface area contributed by atoms with E-state index in [9.17, 15) is 9.59 Å². The first kappa shape index (κ1) is 11.0. The van der Waals surface area contributed by atoms with Gasteiger partial charge >= 0.3 is 5.97 Å². The number of carboxylic acid groups (broad SMARTS) is 1. The van der Waals surface area contributed by atoms with Gasteiger partial charge in [0.05, 0.1) is 6.04 Å². The number of amides is 1. The van der Waals surface area contributed by atoms with E-state index in [1.807, 2.05) is 0 Å². The molecule has 0 aromatic rings. The van der Waals surface area contributed by atoms with E-state index in [0.717, 1.165) is 6.42 Å². The maximum absolute atomic E-state index is 11.2. The highest BCUT2D eigenvalue weighted by Gasteiger charge is 2.35. The normalized spacial score (nSPS) is 26.7. The van der Waals surface area contributed by atoms with Crippen LogP contribution in [-0.2, 0) is 9.59 Å². The van der Waals surface area contributed by atoms with Gasteiger partial charge in [0, 0.05) is 0 Å². The molecule has 3 atom stereocenters.